The van der Waals surface area contributed by atoms with Crippen molar-refractivity contribution in [2.75, 3.05) is 0 Å². The fourth-order valence-electron chi connectivity index (χ4n) is 6.83. The molecule has 200 valence electrons. The molecule has 3 heteroatoms. The maximum atomic E-state index is 4.86. The van der Waals surface area contributed by atoms with E-state index in [1.807, 2.05) is 0 Å². The number of rotatable bonds is 3. The van der Waals surface area contributed by atoms with Gasteiger partial charge in [0.1, 0.15) is 0 Å². The fraction of sp³-hybridized carbons (Fsp3) is 0. The van der Waals surface area contributed by atoms with Crippen LogP contribution < -0.4 is 0 Å². The molecule has 0 bridgehead atoms. The molecule has 0 spiro atoms. The Morgan fingerprint density at radius 3 is 1.79 bits per heavy atom. The van der Waals surface area contributed by atoms with E-state index < -0.39 is 0 Å². The van der Waals surface area contributed by atoms with Crippen molar-refractivity contribution in [1.29, 1.82) is 0 Å². The molecule has 9 aromatic rings. The molecule has 0 N–H and O–H groups in total. The second kappa shape index (κ2) is 9.37. The minimum absolute atomic E-state index is 0.928. The lowest BCUT2D eigenvalue weighted by Crippen LogP contribution is -1.98. The molecule has 9 rings (SSSR count). The summed E-state index contributed by atoms with van der Waals surface area (Å²) in [5, 5.41) is 7.09. The molecule has 2 aromatic heterocycles. The van der Waals surface area contributed by atoms with Crippen LogP contribution in [0.1, 0.15) is 0 Å². The number of benzene rings is 7. The molecule has 43 heavy (non-hydrogen) atoms. The van der Waals surface area contributed by atoms with Gasteiger partial charge in [-0.15, -0.1) is 0 Å². The quantitative estimate of drug-likeness (QED) is 0.206. The molecule has 0 amide bonds. The molecule has 0 atom stereocenters. The number of para-hydroxylation sites is 2. The van der Waals surface area contributed by atoms with Crippen molar-refractivity contribution < 1.29 is 0 Å². The van der Waals surface area contributed by atoms with Crippen molar-refractivity contribution in [1.82, 2.24) is 14.5 Å². The normalized spacial score (nSPS) is 11.7. The topological polar surface area (TPSA) is 30.7 Å². The van der Waals surface area contributed by atoms with Gasteiger partial charge in [0.25, 0.3) is 0 Å². The molecule has 3 nitrogen and oxygen atoms in total. The first-order valence-corrected chi connectivity index (χ1v) is 14.6. The number of hydrogen-bond acceptors (Lipinski definition) is 2. The van der Waals surface area contributed by atoms with Crippen LogP contribution in [-0.2, 0) is 0 Å². The molecule has 0 saturated heterocycles. The van der Waals surface area contributed by atoms with E-state index in [0.29, 0.717) is 0 Å². The average Bonchev–Trinajstić information content (AvgIpc) is 3.41. The maximum absolute atomic E-state index is 4.86. The molecule has 0 unspecified atom stereocenters. The van der Waals surface area contributed by atoms with E-state index in [1.54, 1.807) is 12.4 Å². The Morgan fingerprint density at radius 2 is 0.977 bits per heavy atom. The first kappa shape index (κ1) is 23.9. The van der Waals surface area contributed by atoms with E-state index in [0.717, 1.165) is 33.0 Å². The molecule has 0 fully saturated rings. The fourth-order valence-corrected chi connectivity index (χ4v) is 6.83. The van der Waals surface area contributed by atoms with Crippen LogP contribution >= 0.6 is 0 Å². The number of aromatic nitrogens is 3. The number of nitrogens with zero attached hydrogens (tertiary/aromatic N) is 3. The van der Waals surface area contributed by atoms with Gasteiger partial charge in [-0.3, -0.25) is 9.97 Å². The Bertz CT molecular complexity index is 2510. The second-order valence-electron chi connectivity index (χ2n) is 11.0. The third-order valence-corrected chi connectivity index (χ3v) is 8.68. The van der Waals surface area contributed by atoms with Gasteiger partial charge < -0.3 is 4.57 Å². The summed E-state index contributed by atoms with van der Waals surface area (Å²) in [4.78, 5) is 9.65. The molecule has 0 saturated carbocycles. The van der Waals surface area contributed by atoms with Gasteiger partial charge in [-0.25, -0.2) is 0 Å². The van der Waals surface area contributed by atoms with E-state index >= 15 is 0 Å². The van der Waals surface area contributed by atoms with Crippen LogP contribution in [-0.4, -0.2) is 14.5 Å². The Balaban J connectivity index is 1.42. The summed E-state index contributed by atoms with van der Waals surface area (Å²) in [7, 11) is 0. The monoisotopic (exact) mass is 547 g/mol. The molecule has 0 radical (unpaired) electrons. The molecule has 2 heterocycles. The van der Waals surface area contributed by atoms with Gasteiger partial charge in [0, 0.05) is 39.5 Å². The SMILES string of the molecule is c1ccc(-c2ccccc2-c2ccccc2-n2c3ccccc3c3cc4c5ccccc5c5nccnc5c4cc32)cc1. The van der Waals surface area contributed by atoms with Crippen molar-refractivity contribution in [3.05, 3.63) is 152 Å². The summed E-state index contributed by atoms with van der Waals surface area (Å²) in [6.07, 6.45) is 3.59. The third kappa shape index (κ3) is 3.55. The summed E-state index contributed by atoms with van der Waals surface area (Å²) in [6.45, 7) is 0. The first-order chi connectivity index (χ1) is 21.4. The van der Waals surface area contributed by atoms with Crippen LogP contribution in [0.3, 0.4) is 0 Å². The minimum Gasteiger partial charge on any atom is -0.309 e. The lowest BCUT2D eigenvalue weighted by atomic mass is 9.93. The van der Waals surface area contributed by atoms with Crippen molar-refractivity contribution in [2.45, 2.75) is 0 Å². The number of fused-ring (bicyclic) bond motifs is 9. The van der Waals surface area contributed by atoms with Crippen LogP contribution in [0.4, 0.5) is 0 Å². The highest BCUT2D eigenvalue weighted by molar-refractivity contribution is 6.27. The van der Waals surface area contributed by atoms with Crippen LogP contribution in [0.2, 0.25) is 0 Å². The largest absolute Gasteiger partial charge is 0.309 e. The highest BCUT2D eigenvalue weighted by Crippen LogP contribution is 2.42. The van der Waals surface area contributed by atoms with Gasteiger partial charge in [-0.1, -0.05) is 115 Å². The zero-order valence-corrected chi connectivity index (χ0v) is 23.3. The Labute approximate surface area is 248 Å². The predicted octanol–water partition coefficient (Wildman–Crippen LogP) is 10.4. The van der Waals surface area contributed by atoms with Gasteiger partial charge in [0.2, 0.25) is 0 Å². The van der Waals surface area contributed by atoms with Crippen molar-refractivity contribution in [2.24, 2.45) is 0 Å². The van der Waals surface area contributed by atoms with Crippen molar-refractivity contribution >= 4 is 54.4 Å². The summed E-state index contributed by atoms with van der Waals surface area (Å²) >= 11 is 0. The first-order valence-electron chi connectivity index (χ1n) is 14.6. The molecule has 7 aromatic carbocycles. The number of hydrogen-bond donors (Lipinski definition) is 0. The Kier molecular flexibility index (Phi) is 5.20. The lowest BCUT2D eigenvalue weighted by Gasteiger charge is -2.17. The van der Waals surface area contributed by atoms with Gasteiger partial charge in [-0.05, 0) is 51.7 Å². The van der Waals surface area contributed by atoms with Gasteiger partial charge in [-0.2, -0.15) is 0 Å². The molecule has 0 aliphatic carbocycles. The minimum atomic E-state index is 0.928. The highest BCUT2D eigenvalue weighted by Gasteiger charge is 2.19. The molecule has 0 aliphatic heterocycles. The summed E-state index contributed by atoms with van der Waals surface area (Å²) in [5.74, 6) is 0. The zero-order valence-electron chi connectivity index (χ0n) is 23.3. The predicted molar refractivity (Wildman–Crippen MR) is 180 cm³/mol. The van der Waals surface area contributed by atoms with E-state index in [9.17, 15) is 0 Å². The lowest BCUT2D eigenvalue weighted by molar-refractivity contribution is 1.18. The maximum Gasteiger partial charge on any atom is 0.0972 e. The summed E-state index contributed by atoms with van der Waals surface area (Å²) in [6, 6.07) is 50.1. The van der Waals surface area contributed by atoms with Crippen LogP contribution in [0.25, 0.3) is 82.3 Å². The van der Waals surface area contributed by atoms with Crippen molar-refractivity contribution in [3.63, 3.8) is 0 Å². The summed E-state index contributed by atoms with van der Waals surface area (Å²) < 4.78 is 2.43. The Hall–Kier alpha value is -5.80. The van der Waals surface area contributed by atoms with E-state index in [-0.39, 0.29) is 0 Å². The second-order valence-corrected chi connectivity index (χ2v) is 11.0. The van der Waals surface area contributed by atoms with Gasteiger partial charge >= 0.3 is 0 Å². The van der Waals surface area contributed by atoms with Crippen LogP contribution in [0.5, 0.6) is 0 Å². The van der Waals surface area contributed by atoms with E-state index in [1.165, 1.54) is 49.3 Å². The third-order valence-electron chi connectivity index (χ3n) is 8.68. The molecular weight excluding hydrogens is 522 g/mol. The van der Waals surface area contributed by atoms with Gasteiger partial charge in [0.15, 0.2) is 0 Å². The molecule has 0 aliphatic rings. The van der Waals surface area contributed by atoms with E-state index in [2.05, 4.69) is 144 Å². The van der Waals surface area contributed by atoms with Crippen LogP contribution in [0, 0.1) is 0 Å². The highest BCUT2D eigenvalue weighted by atomic mass is 15.0. The molecular formula is C40H25N3. The smallest absolute Gasteiger partial charge is 0.0972 e. The van der Waals surface area contributed by atoms with Gasteiger partial charge in [0.05, 0.1) is 27.8 Å². The Morgan fingerprint density at radius 1 is 0.372 bits per heavy atom. The zero-order chi connectivity index (χ0) is 28.3. The van der Waals surface area contributed by atoms with Crippen molar-refractivity contribution in [3.8, 4) is 27.9 Å². The standard InChI is InChI=1S/C40H25N3/c1-2-12-26(13-3-1)27-14-4-5-15-28(27)30-17-8-10-20-36(30)43-37-21-11-9-18-31(37)34-24-33-29-16-6-7-19-32(29)39-40(42-23-22-41-39)35(33)25-38(34)43/h1-25H. The van der Waals surface area contributed by atoms with Crippen LogP contribution in [0.15, 0.2) is 152 Å². The summed E-state index contributed by atoms with van der Waals surface area (Å²) in [5.41, 5.74) is 10.2. The average molecular weight is 548 g/mol. The van der Waals surface area contributed by atoms with E-state index in [4.69, 9.17) is 9.97 Å².